The van der Waals surface area contributed by atoms with Gasteiger partial charge in [0, 0.05) is 0 Å². The largest absolute Gasteiger partial charge is 0.460 e. The molecule has 94 valence electrons. The molecule has 0 unspecified atom stereocenters. The molecule has 0 amide bonds. The minimum absolute atomic E-state index is 0.0264. The maximum Gasteiger partial charge on any atom is 0.376 e. The van der Waals surface area contributed by atoms with Crippen LogP contribution in [0.25, 0.3) is 11.0 Å². The average Bonchev–Trinajstić information content (AvgIpc) is 2.87. The van der Waals surface area contributed by atoms with Crippen LogP contribution in [0.5, 0.6) is 0 Å². The Hall–Kier alpha value is -1.65. The second-order valence-corrected chi connectivity index (χ2v) is 5.40. The van der Waals surface area contributed by atoms with Crippen LogP contribution in [0.1, 0.15) is 22.4 Å². The number of furan rings is 1. The zero-order valence-electron chi connectivity index (χ0n) is 9.77. The van der Waals surface area contributed by atoms with Crippen LogP contribution in [0, 0.1) is 11.3 Å². The van der Waals surface area contributed by atoms with Crippen LogP contribution in [-0.2, 0) is 4.74 Å². The van der Waals surface area contributed by atoms with Gasteiger partial charge in [-0.15, -0.1) is 23.1 Å². The third kappa shape index (κ3) is 1.83. The van der Waals surface area contributed by atoms with Crippen molar-refractivity contribution in [1.82, 2.24) is 0 Å². The Bertz CT molecular complexity index is 651. The number of anilines is 1. The Balaban J connectivity index is 2.67. The smallest absolute Gasteiger partial charge is 0.376 e. The van der Waals surface area contributed by atoms with Crippen molar-refractivity contribution in [1.29, 1.82) is 5.26 Å². The predicted molar refractivity (Wildman–Crippen MR) is 71.0 cm³/mol. The molecule has 0 fully saturated rings. The number of thioether (sulfide) groups is 1. The summed E-state index contributed by atoms with van der Waals surface area (Å²) in [6.07, 6.45) is 1.88. The monoisotopic (exact) mass is 282 g/mol. The Morgan fingerprint density at radius 2 is 2.39 bits per heavy atom. The summed E-state index contributed by atoms with van der Waals surface area (Å²) >= 11 is 2.77. The molecular weight excluding hydrogens is 272 g/mol. The Kier molecular flexibility index (Phi) is 3.50. The van der Waals surface area contributed by atoms with Crippen molar-refractivity contribution in [3.63, 3.8) is 0 Å². The van der Waals surface area contributed by atoms with Gasteiger partial charge in [-0.25, -0.2) is 4.79 Å². The van der Waals surface area contributed by atoms with Crippen molar-refractivity contribution in [3.05, 3.63) is 10.6 Å². The maximum atomic E-state index is 11.7. The molecule has 0 bridgehead atoms. The van der Waals surface area contributed by atoms with Gasteiger partial charge in [0.25, 0.3) is 0 Å². The zero-order chi connectivity index (χ0) is 13.3. The van der Waals surface area contributed by atoms with E-state index < -0.39 is 5.97 Å². The third-order valence-electron chi connectivity index (χ3n) is 2.30. The van der Waals surface area contributed by atoms with E-state index in [1.165, 1.54) is 23.1 Å². The molecule has 2 N–H and O–H groups in total. The average molecular weight is 282 g/mol. The minimum atomic E-state index is -0.604. The maximum absolute atomic E-state index is 11.7. The highest BCUT2D eigenvalue weighted by Crippen LogP contribution is 2.43. The molecule has 2 heterocycles. The van der Waals surface area contributed by atoms with Gasteiger partial charge in [0.1, 0.15) is 10.9 Å². The molecule has 0 aliphatic rings. The summed E-state index contributed by atoms with van der Waals surface area (Å²) in [5.74, 6) is -0.631. The lowest BCUT2D eigenvalue weighted by Gasteiger charge is -1.98. The normalized spacial score (nSPS) is 10.5. The lowest BCUT2D eigenvalue weighted by Crippen LogP contribution is -2.05. The van der Waals surface area contributed by atoms with Gasteiger partial charge < -0.3 is 14.9 Å². The number of carbonyl (C=O) groups excluding carboxylic acids is 1. The summed E-state index contributed by atoms with van der Waals surface area (Å²) in [6.45, 7) is 1.94. The fourth-order valence-electron chi connectivity index (χ4n) is 1.56. The Morgan fingerprint density at radius 3 is 2.94 bits per heavy atom. The molecule has 0 saturated carbocycles. The van der Waals surface area contributed by atoms with Gasteiger partial charge in [-0.3, -0.25) is 0 Å². The number of ether oxygens (including phenoxy) is 1. The first-order valence-electron chi connectivity index (χ1n) is 5.10. The number of hydrogen-bond donors (Lipinski definition) is 1. The molecule has 2 aromatic heterocycles. The molecule has 7 heteroatoms. The van der Waals surface area contributed by atoms with Crippen molar-refractivity contribution in [2.45, 2.75) is 11.1 Å². The standard InChI is InChI=1S/C11H10N2O3S2/c1-3-15-10(14)9-7(13)6-8(16-9)5(4-12)18-11(6)17-2/h3,13H2,1-2H3. The molecule has 0 aliphatic carbocycles. The molecule has 0 spiro atoms. The molecule has 0 aliphatic heterocycles. The Labute approximate surface area is 112 Å². The second kappa shape index (κ2) is 4.92. The number of thiophene rings is 1. The van der Waals surface area contributed by atoms with E-state index in [4.69, 9.17) is 20.1 Å². The number of fused-ring (bicyclic) bond motifs is 1. The summed E-state index contributed by atoms with van der Waals surface area (Å²) in [7, 11) is 0. The molecule has 2 aromatic rings. The van der Waals surface area contributed by atoms with E-state index in [0.29, 0.717) is 15.8 Å². The van der Waals surface area contributed by atoms with Gasteiger partial charge in [-0.1, -0.05) is 0 Å². The van der Waals surface area contributed by atoms with Crippen LogP contribution in [0.3, 0.4) is 0 Å². The van der Waals surface area contributed by atoms with Gasteiger partial charge in [0.2, 0.25) is 5.76 Å². The van der Waals surface area contributed by atoms with Crippen molar-refractivity contribution < 1.29 is 13.9 Å². The second-order valence-electron chi connectivity index (χ2n) is 3.30. The SMILES string of the molecule is CCOC(=O)c1oc2c(C#N)sc(SC)c2c1N. The first-order valence-corrected chi connectivity index (χ1v) is 7.14. The summed E-state index contributed by atoms with van der Waals surface area (Å²) < 4.78 is 11.1. The van der Waals surface area contributed by atoms with E-state index in [9.17, 15) is 4.79 Å². The fourth-order valence-corrected chi connectivity index (χ4v) is 3.32. The fraction of sp³-hybridized carbons (Fsp3) is 0.273. The number of carbonyl (C=O) groups is 1. The summed E-state index contributed by atoms with van der Waals surface area (Å²) in [5, 5.41) is 9.65. The number of nitrogens with two attached hydrogens (primary N) is 1. The van der Waals surface area contributed by atoms with Gasteiger partial charge >= 0.3 is 5.97 Å². The number of hydrogen-bond acceptors (Lipinski definition) is 7. The third-order valence-corrected chi connectivity index (χ3v) is 4.49. The molecular formula is C11H10N2O3S2. The van der Waals surface area contributed by atoms with E-state index >= 15 is 0 Å². The predicted octanol–water partition coefficient (Wildman–Crippen LogP) is 2.85. The van der Waals surface area contributed by atoms with Crippen molar-refractivity contribution in [3.8, 4) is 6.07 Å². The molecule has 0 atom stereocenters. The van der Waals surface area contributed by atoms with Gasteiger partial charge in [0.15, 0.2) is 5.58 Å². The highest BCUT2D eigenvalue weighted by atomic mass is 32.2. The lowest BCUT2D eigenvalue weighted by molar-refractivity contribution is 0.0494. The molecule has 2 rings (SSSR count). The van der Waals surface area contributed by atoms with E-state index in [2.05, 4.69) is 0 Å². The molecule has 0 radical (unpaired) electrons. The number of rotatable bonds is 3. The quantitative estimate of drug-likeness (QED) is 0.687. The van der Waals surface area contributed by atoms with Gasteiger partial charge in [-0.05, 0) is 13.2 Å². The molecule has 5 nitrogen and oxygen atoms in total. The van der Waals surface area contributed by atoms with Crippen LogP contribution in [0.4, 0.5) is 5.69 Å². The zero-order valence-corrected chi connectivity index (χ0v) is 11.4. The molecule has 18 heavy (non-hydrogen) atoms. The highest BCUT2D eigenvalue weighted by molar-refractivity contribution is 8.00. The van der Waals surface area contributed by atoms with Gasteiger partial charge in [-0.2, -0.15) is 5.26 Å². The van der Waals surface area contributed by atoms with E-state index in [1.54, 1.807) is 6.92 Å². The summed E-state index contributed by atoms with van der Waals surface area (Å²) in [5.41, 5.74) is 6.51. The van der Waals surface area contributed by atoms with Crippen molar-refractivity contribution in [2.75, 3.05) is 18.6 Å². The number of nitrogen functional groups attached to an aromatic ring is 1. The van der Waals surface area contributed by atoms with E-state index in [-0.39, 0.29) is 18.1 Å². The molecule has 0 saturated heterocycles. The van der Waals surface area contributed by atoms with Crippen LogP contribution < -0.4 is 5.73 Å². The van der Waals surface area contributed by atoms with E-state index in [0.717, 1.165) is 4.21 Å². The van der Waals surface area contributed by atoms with Crippen molar-refractivity contribution in [2.24, 2.45) is 0 Å². The van der Waals surface area contributed by atoms with Gasteiger partial charge in [0.05, 0.1) is 21.9 Å². The first-order chi connectivity index (χ1) is 8.63. The first kappa shape index (κ1) is 12.8. The lowest BCUT2D eigenvalue weighted by atomic mass is 10.3. The van der Waals surface area contributed by atoms with Crippen molar-refractivity contribution >= 4 is 45.7 Å². The minimum Gasteiger partial charge on any atom is -0.460 e. The van der Waals surface area contributed by atoms with Crippen LogP contribution >= 0.6 is 23.1 Å². The summed E-state index contributed by atoms with van der Waals surface area (Å²) in [6, 6.07) is 2.04. The number of esters is 1. The van der Waals surface area contributed by atoms with Crippen LogP contribution in [0.2, 0.25) is 0 Å². The summed E-state index contributed by atoms with van der Waals surface area (Å²) in [4.78, 5) is 12.1. The highest BCUT2D eigenvalue weighted by Gasteiger charge is 2.25. The van der Waals surface area contributed by atoms with Crippen LogP contribution in [0.15, 0.2) is 8.63 Å². The number of nitrogens with zero attached hydrogens (tertiary/aromatic N) is 1. The Morgan fingerprint density at radius 1 is 1.67 bits per heavy atom. The molecule has 0 aromatic carbocycles. The topological polar surface area (TPSA) is 89.2 Å². The number of nitriles is 1. The van der Waals surface area contributed by atoms with E-state index in [1.807, 2.05) is 12.3 Å². The van der Waals surface area contributed by atoms with Crippen LogP contribution in [-0.4, -0.2) is 18.8 Å².